The molecule has 2 rings (SSSR count). The predicted octanol–water partition coefficient (Wildman–Crippen LogP) is 2.91. The molecular formula is C18H26ClN3O2. The monoisotopic (exact) mass is 351 g/mol. The van der Waals surface area contributed by atoms with E-state index in [1.165, 1.54) is 0 Å². The Hall–Kier alpha value is -1.59. The first kappa shape index (κ1) is 18.7. The quantitative estimate of drug-likeness (QED) is 0.757. The number of carbonyl (C=O) groups is 2. The number of hydrogen-bond acceptors (Lipinski definition) is 3. The predicted molar refractivity (Wildman–Crippen MR) is 97.2 cm³/mol. The molecule has 0 bridgehead atoms. The summed E-state index contributed by atoms with van der Waals surface area (Å²) in [6, 6.07) is 6.95. The van der Waals surface area contributed by atoms with Crippen LogP contribution in [-0.2, 0) is 9.59 Å². The van der Waals surface area contributed by atoms with E-state index >= 15 is 0 Å². The van der Waals surface area contributed by atoms with Gasteiger partial charge in [0, 0.05) is 23.7 Å². The first-order valence-electron chi connectivity index (χ1n) is 8.62. The number of benzene rings is 1. The number of amides is 2. The lowest BCUT2D eigenvalue weighted by molar-refractivity contribution is -0.135. The van der Waals surface area contributed by atoms with Crippen molar-refractivity contribution in [2.45, 2.75) is 32.6 Å². The van der Waals surface area contributed by atoms with E-state index in [-0.39, 0.29) is 18.4 Å². The molecule has 0 aromatic heterocycles. The van der Waals surface area contributed by atoms with Gasteiger partial charge in [-0.15, -0.1) is 0 Å². The van der Waals surface area contributed by atoms with Gasteiger partial charge in [0.15, 0.2) is 0 Å². The lowest BCUT2D eigenvalue weighted by Crippen LogP contribution is -2.38. The van der Waals surface area contributed by atoms with Crippen molar-refractivity contribution in [3.05, 3.63) is 29.3 Å². The molecule has 1 fully saturated rings. The molecule has 0 radical (unpaired) electrons. The van der Waals surface area contributed by atoms with Crippen molar-refractivity contribution < 1.29 is 9.59 Å². The standard InChI is InChI=1S/C18H26ClN3O2/c1-2-11-22(18(24)8-3-14-9-10-20-12-14)13-17(23)21-16-6-4-15(19)5-7-16/h4-7,14,20H,2-3,8-13H2,1H3,(H,21,23). The molecule has 1 unspecified atom stereocenters. The second kappa shape index (κ2) is 9.64. The molecule has 6 heteroatoms. The van der Waals surface area contributed by atoms with Crippen LogP contribution in [0.5, 0.6) is 0 Å². The summed E-state index contributed by atoms with van der Waals surface area (Å²) in [6.45, 7) is 4.76. The van der Waals surface area contributed by atoms with Crippen molar-refractivity contribution in [2.24, 2.45) is 5.92 Å². The van der Waals surface area contributed by atoms with Crippen LogP contribution in [0.1, 0.15) is 32.6 Å². The summed E-state index contributed by atoms with van der Waals surface area (Å²) in [4.78, 5) is 26.3. The molecule has 1 aromatic carbocycles. The second-order valence-electron chi connectivity index (χ2n) is 6.27. The zero-order chi connectivity index (χ0) is 17.4. The van der Waals surface area contributed by atoms with Gasteiger partial charge in [-0.2, -0.15) is 0 Å². The maximum atomic E-state index is 12.4. The van der Waals surface area contributed by atoms with Gasteiger partial charge in [0.2, 0.25) is 11.8 Å². The zero-order valence-corrected chi connectivity index (χ0v) is 14.9. The summed E-state index contributed by atoms with van der Waals surface area (Å²) in [5.41, 5.74) is 0.685. The summed E-state index contributed by atoms with van der Waals surface area (Å²) < 4.78 is 0. The number of anilines is 1. The number of nitrogens with one attached hydrogen (secondary N) is 2. The van der Waals surface area contributed by atoms with Gasteiger partial charge in [0.25, 0.3) is 0 Å². The van der Waals surface area contributed by atoms with Gasteiger partial charge in [0.1, 0.15) is 0 Å². The van der Waals surface area contributed by atoms with E-state index in [0.717, 1.165) is 32.4 Å². The van der Waals surface area contributed by atoms with Crippen LogP contribution in [-0.4, -0.2) is 42.9 Å². The molecule has 5 nitrogen and oxygen atoms in total. The Kier molecular flexibility index (Phi) is 7.53. The van der Waals surface area contributed by atoms with Crippen molar-refractivity contribution in [3.8, 4) is 0 Å². The van der Waals surface area contributed by atoms with Crippen molar-refractivity contribution >= 4 is 29.1 Å². The maximum absolute atomic E-state index is 12.4. The molecule has 1 heterocycles. The minimum Gasteiger partial charge on any atom is -0.333 e. The third-order valence-corrected chi connectivity index (χ3v) is 4.49. The van der Waals surface area contributed by atoms with Crippen molar-refractivity contribution in [1.82, 2.24) is 10.2 Å². The van der Waals surface area contributed by atoms with E-state index in [9.17, 15) is 9.59 Å². The van der Waals surface area contributed by atoms with Gasteiger partial charge in [-0.05, 0) is 62.5 Å². The van der Waals surface area contributed by atoms with Gasteiger partial charge < -0.3 is 15.5 Å². The zero-order valence-electron chi connectivity index (χ0n) is 14.2. The molecule has 0 spiro atoms. The Morgan fingerprint density at radius 2 is 2.08 bits per heavy atom. The molecule has 1 saturated heterocycles. The van der Waals surface area contributed by atoms with Gasteiger partial charge >= 0.3 is 0 Å². The fourth-order valence-electron chi connectivity index (χ4n) is 2.92. The van der Waals surface area contributed by atoms with E-state index in [1.54, 1.807) is 29.2 Å². The molecule has 1 atom stereocenters. The average molecular weight is 352 g/mol. The molecule has 0 saturated carbocycles. The minimum atomic E-state index is -0.179. The molecule has 1 aliphatic rings. The number of rotatable bonds is 8. The number of halogens is 1. The van der Waals surface area contributed by atoms with Crippen LogP contribution in [0.4, 0.5) is 5.69 Å². The van der Waals surface area contributed by atoms with Crippen molar-refractivity contribution in [1.29, 1.82) is 0 Å². The molecule has 1 aliphatic heterocycles. The van der Waals surface area contributed by atoms with Crippen LogP contribution >= 0.6 is 11.6 Å². The molecule has 24 heavy (non-hydrogen) atoms. The molecule has 2 N–H and O–H groups in total. The summed E-state index contributed by atoms with van der Waals surface area (Å²) in [5.74, 6) is 0.469. The van der Waals surface area contributed by atoms with Crippen LogP contribution in [0.2, 0.25) is 5.02 Å². The summed E-state index contributed by atoms with van der Waals surface area (Å²) >= 11 is 5.83. The number of nitrogens with zero attached hydrogens (tertiary/aromatic N) is 1. The summed E-state index contributed by atoms with van der Waals surface area (Å²) in [7, 11) is 0. The van der Waals surface area contributed by atoms with Crippen LogP contribution in [0.3, 0.4) is 0 Å². The lowest BCUT2D eigenvalue weighted by atomic mass is 10.0. The van der Waals surface area contributed by atoms with Crippen LogP contribution in [0, 0.1) is 5.92 Å². The van der Waals surface area contributed by atoms with Gasteiger partial charge in [0.05, 0.1) is 6.54 Å². The Morgan fingerprint density at radius 1 is 1.33 bits per heavy atom. The third kappa shape index (κ3) is 6.13. The van der Waals surface area contributed by atoms with E-state index in [0.29, 0.717) is 29.6 Å². The smallest absolute Gasteiger partial charge is 0.243 e. The third-order valence-electron chi connectivity index (χ3n) is 4.24. The second-order valence-corrected chi connectivity index (χ2v) is 6.70. The highest BCUT2D eigenvalue weighted by Crippen LogP contribution is 2.16. The average Bonchev–Trinajstić information content (AvgIpc) is 3.08. The van der Waals surface area contributed by atoms with Crippen LogP contribution in [0.25, 0.3) is 0 Å². The fraction of sp³-hybridized carbons (Fsp3) is 0.556. The molecule has 1 aromatic rings. The van der Waals surface area contributed by atoms with E-state index in [2.05, 4.69) is 10.6 Å². The Labute approximate surface area is 148 Å². The first-order chi connectivity index (χ1) is 11.6. The number of hydrogen-bond donors (Lipinski definition) is 2. The SMILES string of the molecule is CCCN(CC(=O)Nc1ccc(Cl)cc1)C(=O)CCC1CCNC1. The normalized spacial score (nSPS) is 16.8. The summed E-state index contributed by atoms with van der Waals surface area (Å²) in [5, 5.41) is 6.75. The molecule has 2 amide bonds. The van der Waals surface area contributed by atoms with Crippen molar-refractivity contribution in [3.63, 3.8) is 0 Å². The molecule has 132 valence electrons. The minimum absolute atomic E-state index is 0.0648. The van der Waals surface area contributed by atoms with Crippen molar-refractivity contribution in [2.75, 3.05) is 31.5 Å². The van der Waals surface area contributed by atoms with Crippen LogP contribution < -0.4 is 10.6 Å². The molecule has 0 aliphatic carbocycles. The topological polar surface area (TPSA) is 61.4 Å². The Morgan fingerprint density at radius 3 is 2.71 bits per heavy atom. The fourth-order valence-corrected chi connectivity index (χ4v) is 3.04. The van der Waals surface area contributed by atoms with Crippen LogP contribution in [0.15, 0.2) is 24.3 Å². The van der Waals surface area contributed by atoms with E-state index in [4.69, 9.17) is 11.6 Å². The Balaban J connectivity index is 1.82. The lowest BCUT2D eigenvalue weighted by Gasteiger charge is -2.22. The maximum Gasteiger partial charge on any atom is 0.243 e. The first-order valence-corrected chi connectivity index (χ1v) is 9.00. The van der Waals surface area contributed by atoms with Gasteiger partial charge in [-0.1, -0.05) is 18.5 Å². The highest BCUT2D eigenvalue weighted by Gasteiger charge is 2.20. The highest BCUT2D eigenvalue weighted by atomic mass is 35.5. The van der Waals surface area contributed by atoms with E-state index in [1.807, 2.05) is 6.92 Å². The highest BCUT2D eigenvalue weighted by molar-refractivity contribution is 6.30. The summed E-state index contributed by atoms with van der Waals surface area (Å²) in [6.07, 6.45) is 3.38. The number of carbonyl (C=O) groups excluding carboxylic acids is 2. The van der Waals surface area contributed by atoms with Gasteiger partial charge in [-0.3, -0.25) is 9.59 Å². The Bertz CT molecular complexity index is 542. The van der Waals surface area contributed by atoms with Gasteiger partial charge in [-0.25, -0.2) is 0 Å². The van der Waals surface area contributed by atoms with E-state index < -0.39 is 0 Å². The largest absolute Gasteiger partial charge is 0.333 e. The molecular weight excluding hydrogens is 326 g/mol.